The van der Waals surface area contributed by atoms with Crippen LogP contribution in [0.1, 0.15) is 27.2 Å². The van der Waals surface area contributed by atoms with Crippen LogP contribution < -0.4 is 5.73 Å². The monoisotopic (exact) mass is 213 g/mol. The molecule has 0 saturated carbocycles. The molecule has 1 rings (SSSR count). The van der Waals surface area contributed by atoms with Crippen molar-refractivity contribution in [1.82, 2.24) is 9.80 Å². The highest BCUT2D eigenvalue weighted by molar-refractivity contribution is 4.79. The van der Waals surface area contributed by atoms with Gasteiger partial charge in [-0.1, -0.05) is 20.3 Å². The molecule has 15 heavy (non-hydrogen) atoms. The second-order valence-corrected chi connectivity index (χ2v) is 4.75. The second kappa shape index (κ2) is 6.46. The van der Waals surface area contributed by atoms with Gasteiger partial charge >= 0.3 is 0 Å². The molecule has 0 bridgehead atoms. The molecular weight excluding hydrogens is 186 g/mol. The molecule has 0 radical (unpaired) electrons. The van der Waals surface area contributed by atoms with Crippen LogP contribution in [0, 0.1) is 5.92 Å². The summed E-state index contributed by atoms with van der Waals surface area (Å²) in [5.41, 5.74) is 5.75. The van der Waals surface area contributed by atoms with Gasteiger partial charge in [0.05, 0.1) is 0 Å². The van der Waals surface area contributed by atoms with Crippen LogP contribution in [0.2, 0.25) is 0 Å². The summed E-state index contributed by atoms with van der Waals surface area (Å²) in [5.74, 6) is 0.686. The summed E-state index contributed by atoms with van der Waals surface area (Å²) in [6.45, 7) is 13.7. The molecule has 3 heteroatoms. The van der Waals surface area contributed by atoms with E-state index in [1.807, 2.05) is 0 Å². The second-order valence-electron chi connectivity index (χ2n) is 4.75. The number of piperazine rings is 1. The Hall–Kier alpha value is -0.120. The van der Waals surface area contributed by atoms with Gasteiger partial charge in [0, 0.05) is 32.2 Å². The molecule has 90 valence electrons. The molecule has 0 spiro atoms. The van der Waals surface area contributed by atoms with E-state index in [0.717, 1.165) is 6.54 Å². The molecule has 0 amide bonds. The minimum Gasteiger partial charge on any atom is -0.330 e. The zero-order chi connectivity index (χ0) is 11.3. The fraction of sp³-hybridized carbons (Fsp3) is 1.00. The Morgan fingerprint density at radius 2 is 2.07 bits per heavy atom. The smallest absolute Gasteiger partial charge is 0.0195 e. The molecule has 2 unspecified atom stereocenters. The molecule has 1 fully saturated rings. The SMILES string of the molecule is CCC(CN)CN1CCN(CC)C(C)C1. The first kappa shape index (κ1) is 12.9. The molecule has 2 N–H and O–H groups in total. The molecule has 0 aliphatic carbocycles. The van der Waals surface area contributed by atoms with Crippen LogP contribution in [0.15, 0.2) is 0 Å². The Kier molecular flexibility index (Phi) is 5.58. The Bertz CT molecular complexity index is 168. The number of hydrogen-bond acceptors (Lipinski definition) is 3. The van der Waals surface area contributed by atoms with Gasteiger partial charge in [-0.15, -0.1) is 0 Å². The van der Waals surface area contributed by atoms with Crippen LogP contribution in [-0.2, 0) is 0 Å². The van der Waals surface area contributed by atoms with E-state index in [1.165, 1.54) is 39.1 Å². The van der Waals surface area contributed by atoms with Gasteiger partial charge in [0.1, 0.15) is 0 Å². The Balaban J connectivity index is 2.33. The van der Waals surface area contributed by atoms with Crippen molar-refractivity contribution in [2.45, 2.75) is 33.2 Å². The summed E-state index contributed by atoms with van der Waals surface area (Å²) in [7, 11) is 0. The predicted molar refractivity (Wildman–Crippen MR) is 66.0 cm³/mol. The molecule has 0 aromatic carbocycles. The standard InChI is InChI=1S/C12H27N3/c1-4-12(8-13)10-14-6-7-15(5-2)11(3)9-14/h11-12H,4-10,13H2,1-3H3. The lowest BCUT2D eigenvalue weighted by molar-refractivity contribution is 0.0774. The van der Waals surface area contributed by atoms with E-state index in [1.54, 1.807) is 0 Å². The maximum absolute atomic E-state index is 5.75. The Labute approximate surface area is 94.6 Å². The summed E-state index contributed by atoms with van der Waals surface area (Å²) < 4.78 is 0. The number of nitrogens with zero attached hydrogens (tertiary/aromatic N) is 2. The summed E-state index contributed by atoms with van der Waals surface area (Å²) >= 11 is 0. The van der Waals surface area contributed by atoms with Gasteiger partial charge in [-0.2, -0.15) is 0 Å². The quantitative estimate of drug-likeness (QED) is 0.739. The first-order chi connectivity index (χ1) is 7.21. The van der Waals surface area contributed by atoms with Crippen molar-refractivity contribution >= 4 is 0 Å². The van der Waals surface area contributed by atoms with Crippen LogP contribution in [0.5, 0.6) is 0 Å². The third-order valence-electron chi connectivity index (χ3n) is 3.68. The number of hydrogen-bond donors (Lipinski definition) is 1. The summed E-state index contributed by atoms with van der Waals surface area (Å²) in [6, 6.07) is 0.707. The fourth-order valence-electron chi connectivity index (χ4n) is 2.44. The molecule has 3 nitrogen and oxygen atoms in total. The maximum Gasteiger partial charge on any atom is 0.0195 e. The minimum atomic E-state index is 0.686. The van der Waals surface area contributed by atoms with Crippen molar-refractivity contribution in [1.29, 1.82) is 0 Å². The molecule has 1 aliphatic rings. The van der Waals surface area contributed by atoms with E-state index >= 15 is 0 Å². The normalized spacial score (nSPS) is 26.8. The van der Waals surface area contributed by atoms with Gasteiger partial charge < -0.3 is 10.6 Å². The highest BCUT2D eigenvalue weighted by Gasteiger charge is 2.23. The lowest BCUT2D eigenvalue weighted by atomic mass is 10.1. The van der Waals surface area contributed by atoms with Crippen LogP contribution in [0.25, 0.3) is 0 Å². The van der Waals surface area contributed by atoms with Gasteiger partial charge in [0.25, 0.3) is 0 Å². The van der Waals surface area contributed by atoms with E-state index in [-0.39, 0.29) is 0 Å². The molecule has 2 atom stereocenters. The molecule has 0 aromatic heterocycles. The topological polar surface area (TPSA) is 32.5 Å². The van der Waals surface area contributed by atoms with Crippen LogP contribution in [0.3, 0.4) is 0 Å². The van der Waals surface area contributed by atoms with Crippen molar-refractivity contribution in [2.75, 3.05) is 39.3 Å². The lowest BCUT2D eigenvalue weighted by Gasteiger charge is -2.40. The summed E-state index contributed by atoms with van der Waals surface area (Å²) in [4.78, 5) is 5.14. The van der Waals surface area contributed by atoms with Gasteiger partial charge in [-0.3, -0.25) is 4.90 Å². The van der Waals surface area contributed by atoms with Gasteiger partial charge in [0.2, 0.25) is 0 Å². The van der Waals surface area contributed by atoms with E-state index in [2.05, 4.69) is 30.6 Å². The first-order valence-electron chi connectivity index (χ1n) is 6.37. The third-order valence-corrected chi connectivity index (χ3v) is 3.68. The van der Waals surface area contributed by atoms with E-state index < -0.39 is 0 Å². The molecule has 1 heterocycles. The third kappa shape index (κ3) is 3.74. The van der Waals surface area contributed by atoms with Crippen molar-refractivity contribution < 1.29 is 0 Å². The maximum atomic E-state index is 5.75. The number of likely N-dealkylation sites (N-methyl/N-ethyl adjacent to an activating group) is 1. The fourth-order valence-corrected chi connectivity index (χ4v) is 2.44. The largest absolute Gasteiger partial charge is 0.330 e. The van der Waals surface area contributed by atoms with Crippen LogP contribution in [-0.4, -0.2) is 55.1 Å². The zero-order valence-electron chi connectivity index (χ0n) is 10.6. The van der Waals surface area contributed by atoms with Gasteiger partial charge in [-0.25, -0.2) is 0 Å². The van der Waals surface area contributed by atoms with Crippen LogP contribution >= 0.6 is 0 Å². The van der Waals surface area contributed by atoms with Gasteiger partial charge in [0.15, 0.2) is 0 Å². The van der Waals surface area contributed by atoms with Crippen molar-refractivity contribution in [3.8, 4) is 0 Å². The number of rotatable bonds is 5. The summed E-state index contributed by atoms with van der Waals surface area (Å²) in [6.07, 6.45) is 1.21. The van der Waals surface area contributed by atoms with E-state index in [9.17, 15) is 0 Å². The van der Waals surface area contributed by atoms with E-state index in [0.29, 0.717) is 12.0 Å². The van der Waals surface area contributed by atoms with Crippen molar-refractivity contribution in [2.24, 2.45) is 11.7 Å². The molecule has 1 saturated heterocycles. The molecule has 1 aliphatic heterocycles. The highest BCUT2D eigenvalue weighted by atomic mass is 15.3. The first-order valence-corrected chi connectivity index (χ1v) is 6.37. The van der Waals surface area contributed by atoms with Crippen molar-refractivity contribution in [3.63, 3.8) is 0 Å². The zero-order valence-corrected chi connectivity index (χ0v) is 10.6. The highest BCUT2D eigenvalue weighted by Crippen LogP contribution is 2.11. The van der Waals surface area contributed by atoms with Gasteiger partial charge in [-0.05, 0) is 25.9 Å². The average Bonchev–Trinajstić information content (AvgIpc) is 2.26. The number of nitrogens with two attached hydrogens (primary N) is 1. The minimum absolute atomic E-state index is 0.686. The lowest BCUT2D eigenvalue weighted by Crippen LogP contribution is -2.52. The van der Waals surface area contributed by atoms with E-state index in [4.69, 9.17) is 5.73 Å². The average molecular weight is 213 g/mol. The Morgan fingerprint density at radius 1 is 1.33 bits per heavy atom. The molecular formula is C12H27N3. The molecule has 0 aromatic rings. The van der Waals surface area contributed by atoms with Crippen LogP contribution in [0.4, 0.5) is 0 Å². The Morgan fingerprint density at radius 3 is 2.53 bits per heavy atom. The predicted octanol–water partition coefficient (Wildman–Crippen LogP) is 0.997. The van der Waals surface area contributed by atoms with Crippen molar-refractivity contribution in [3.05, 3.63) is 0 Å². The summed E-state index contributed by atoms with van der Waals surface area (Å²) in [5, 5.41) is 0.